The highest BCUT2D eigenvalue weighted by Crippen LogP contribution is 2.34. The van der Waals surface area contributed by atoms with Gasteiger partial charge in [0.05, 0.1) is 0 Å². The number of aromatic nitrogens is 1. The summed E-state index contributed by atoms with van der Waals surface area (Å²) in [5.74, 6) is 0.560. The van der Waals surface area contributed by atoms with Gasteiger partial charge in [-0.1, -0.05) is 55.4 Å². The molecule has 1 heteroatoms. The molecule has 0 N–H and O–H groups in total. The second-order valence-electron chi connectivity index (χ2n) is 7.79. The molecule has 0 saturated heterocycles. The average molecular weight is 248 g/mol. The van der Waals surface area contributed by atoms with E-state index in [1.165, 1.54) is 16.8 Å². The van der Waals surface area contributed by atoms with E-state index in [9.17, 15) is 0 Å². The van der Waals surface area contributed by atoms with Crippen LogP contribution in [0.1, 0.15) is 78.1 Å². The lowest BCUT2D eigenvalue weighted by atomic mass is 9.75. The Kier molecular flexibility index (Phi) is 3.95. The summed E-state index contributed by atoms with van der Waals surface area (Å²) in [7, 11) is 2.16. The summed E-state index contributed by atoms with van der Waals surface area (Å²) in [5, 5.41) is 0. The van der Waals surface area contributed by atoms with Crippen LogP contribution in [0.25, 0.3) is 0 Å². The fraction of sp³-hybridized carbons (Fsp3) is 0.706. The Morgan fingerprint density at radius 1 is 0.889 bits per heavy atom. The van der Waals surface area contributed by atoms with Gasteiger partial charge in [-0.3, -0.25) is 0 Å². The molecule has 0 spiro atoms. The normalized spacial score (nSPS) is 13.2. The van der Waals surface area contributed by atoms with Crippen molar-refractivity contribution in [3.8, 4) is 0 Å². The van der Waals surface area contributed by atoms with Gasteiger partial charge in [-0.15, -0.1) is 0 Å². The quantitative estimate of drug-likeness (QED) is 0.655. The topological polar surface area (TPSA) is 3.88 Å². The molecule has 1 heterocycles. The number of hydrogen-bond acceptors (Lipinski definition) is 0. The van der Waals surface area contributed by atoms with E-state index in [4.69, 9.17) is 0 Å². The number of nitrogens with zero attached hydrogens (tertiary/aromatic N) is 1. The molecule has 0 radical (unpaired) electrons. The standard InChI is InChI=1S/C17H30N/c1-12(2)15-10-13(16(3,4)5)14(11-18(15)9)17(6,7)8/h10-12H,1-9H3/q+1. The molecule has 18 heavy (non-hydrogen) atoms. The van der Waals surface area contributed by atoms with Crippen LogP contribution in [-0.2, 0) is 17.9 Å². The maximum absolute atomic E-state index is 2.41. The summed E-state index contributed by atoms with van der Waals surface area (Å²) in [4.78, 5) is 0. The second kappa shape index (κ2) is 4.68. The van der Waals surface area contributed by atoms with Crippen molar-refractivity contribution in [3.63, 3.8) is 0 Å². The van der Waals surface area contributed by atoms with Gasteiger partial charge in [0.15, 0.2) is 11.9 Å². The third-order valence-electron chi connectivity index (χ3n) is 3.52. The molecule has 0 fully saturated rings. The SMILES string of the molecule is CC(C)c1cc(C(C)(C)C)c(C(C)(C)C)c[n+]1C. The third kappa shape index (κ3) is 3.13. The van der Waals surface area contributed by atoms with Crippen LogP contribution in [0, 0.1) is 0 Å². The highest BCUT2D eigenvalue weighted by Gasteiger charge is 2.29. The van der Waals surface area contributed by atoms with Crippen molar-refractivity contribution in [1.29, 1.82) is 0 Å². The van der Waals surface area contributed by atoms with E-state index < -0.39 is 0 Å². The van der Waals surface area contributed by atoms with Crippen LogP contribution < -0.4 is 4.57 Å². The summed E-state index contributed by atoms with van der Waals surface area (Å²) in [5.41, 5.74) is 4.74. The van der Waals surface area contributed by atoms with Gasteiger partial charge < -0.3 is 0 Å². The molecule has 0 aliphatic heterocycles. The predicted octanol–water partition coefficient (Wildman–Crippen LogP) is 4.23. The minimum Gasteiger partial charge on any atom is -0.205 e. The van der Waals surface area contributed by atoms with Crippen LogP contribution in [0.15, 0.2) is 12.3 Å². The Bertz CT molecular complexity index is 428. The zero-order valence-electron chi connectivity index (χ0n) is 13.7. The number of hydrogen-bond donors (Lipinski definition) is 0. The Labute approximate surface area is 113 Å². The van der Waals surface area contributed by atoms with E-state index in [0.29, 0.717) is 5.92 Å². The molecule has 102 valence electrons. The van der Waals surface area contributed by atoms with Crippen LogP contribution in [0.5, 0.6) is 0 Å². The largest absolute Gasteiger partial charge is 0.205 e. The molecule has 0 atom stereocenters. The zero-order chi connectivity index (χ0) is 14.3. The molecule has 0 aromatic carbocycles. The summed E-state index contributed by atoms with van der Waals surface area (Å²) >= 11 is 0. The maximum atomic E-state index is 2.41. The molecule has 0 bridgehead atoms. The zero-order valence-corrected chi connectivity index (χ0v) is 13.7. The van der Waals surface area contributed by atoms with Crippen molar-refractivity contribution < 1.29 is 4.57 Å². The molecule has 1 aromatic rings. The van der Waals surface area contributed by atoms with Gasteiger partial charge in [0.1, 0.15) is 7.05 Å². The predicted molar refractivity (Wildman–Crippen MR) is 79.1 cm³/mol. The van der Waals surface area contributed by atoms with Crippen molar-refractivity contribution in [2.75, 3.05) is 0 Å². The second-order valence-corrected chi connectivity index (χ2v) is 7.79. The monoisotopic (exact) mass is 248 g/mol. The summed E-state index contributed by atoms with van der Waals surface area (Å²) in [6, 6.07) is 2.41. The van der Waals surface area contributed by atoms with Crippen molar-refractivity contribution in [3.05, 3.63) is 29.1 Å². The summed E-state index contributed by atoms with van der Waals surface area (Å²) in [6.07, 6.45) is 2.33. The Morgan fingerprint density at radius 3 is 1.67 bits per heavy atom. The van der Waals surface area contributed by atoms with E-state index >= 15 is 0 Å². The lowest BCUT2D eigenvalue weighted by Crippen LogP contribution is -2.38. The van der Waals surface area contributed by atoms with E-state index in [1.54, 1.807) is 0 Å². The molecule has 0 aliphatic rings. The maximum Gasteiger partial charge on any atom is 0.183 e. The minimum atomic E-state index is 0.190. The van der Waals surface area contributed by atoms with Gasteiger partial charge >= 0.3 is 0 Å². The van der Waals surface area contributed by atoms with Gasteiger partial charge in [0, 0.05) is 17.5 Å². The molecule has 1 aromatic heterocycles. The van der Waals surface area contributed by atoms with Crippen molar-refractivity contribution in [1.82, 2.24) is 0 Å². The van der Waals surface area contributed by atoms with Crippen LogP contribution in [-0.4, -0.2) is 0 Å². The van der Waals surface area contributed by atoms with E-state index in [0.717, 1.165) is 0 Å². The molecule has 0 unspecified atom stereocenters. The first-order valence-electron chi connectivity index (χ1n) is 6.99. The van der Waals surface area contributed by atoms with Crippen LogP contribution in [0.4, 0.5) is 0 Å². The Balaban J connectivity index is 3.58. The molecule has 0 aliphatic carbocycles. The number of pyridine rings is 1. The first-order valence-corrected chi connectivity index (χ1v) is 6.99. The van der Waals surface area contributed by atoms with E-state index in [1.807, 2.05) is 0 Å². The summed E-state index contributed by atoms with van der Waals surface area (Å²) < 4.78 is 2.29. The van der Waals surface area contributed by atoms with Gasteiger partial charge in [0.25, 0.3) is 0 Å². The number of rotatable bonds is 1. The lowest BCUT2D eigenvalue weighted by Gasteiger charge is -2.29. The molecular formula is C17H30N+. The highest BCUT2D eigenvalue weighted by atomic mass is 14.9. The van der Waals surface area contributed by atoms with Crippen LogP contribution in [0.3, 0.4) is 0 Å². The molecule has 1 nitrogen and oxygen atoms in total. The van der Waals surface area contributed by atoms with Crippen molar-refractivity contribution in [2.45, 2.75) is 72.1 Å². The van der Waals surface area contributed by atoms with Crippen molar-refractivity contribution in [2.24, 2.45) is 7.05 Å². The fourth-order valence-corrected chi connectivity index (χ4v) is 2.46. The van der Waals surface area contributed by atoms with Gasteiger partial charge in [-0.05, 0) is 16.4 Å². The van der Waals surface area contributed by atoms with Gasteiger partial charge in [-0.2, -0.15) is 0 Å². The van der Waals surface area contributed by atoms with Crippen LogP contribution >= 0.6 is 0 Å². The van der Waals surface area contributed by atoms with E-state index in [2.05, 4.69) is 79.3 Å². The van der Waals surface area contributed by atoms with Crippen LogP contribution in [0.2, 0.25) is 0 Å². The lowest BCUT2D eigenvalue weighted by molar-refractivity contribution is -0.680. The molecular weight excluding hydrogens is 218 g/mol. The molecule has 0 saturated carbocycles. The average Bonchev–Trinajstić information content (AvgIpc) is 2.13. The molecule has 0 amide bonds. The first-order chi connectivity index (χ1) is 7.94. The number of aryl methyl sites for hydroxylation is 1. The van der Waals surface area contributed by atoms with E-state index in [-0.39, 0.29) is 10.8 Å². The minimum absolute atomic E-state index is 0.190. The smallest absolute Gasteiger partial charge is 0.183 e. The molecule has 1 rings (SSSR count). The van der Waals surface area contributed by atoms with Gasteiger partial charge in [0.2, 0.25) is 0 Å². The summed E-state index contributed by atoms with van der Waals surface area (Å²) in [6.45, 7) is 18.3. The Morgan fingerprint density at radius 2 is 1.33 bits per heavy atom. The highest BCUT2D eigenvalue weighted by molar-refractivity contribution is 5.35. The third-order valence-corrected chi connectivity index (χ3v) is 3.52. The van der Waals surface area contributed by atoms with Gasteiger partial charge in [-0.25, -0.2) is 4.57 Å². The fourth-order valence-electron chi connectivity index (χ4n) is 2.46. The van der Waals surface area contributed by atoms with Crippen molar-refractivity contribution >= 4 is 0 Å². The Hall–Kier alpha value is -0.850. The first kappa shape index (κ1) is 15.2.